The summed E-state index contributed by atoms with van der Waals surface area (Å²) in [5.41, 5.74) is 3.55. The Morgan fingerprint density at radius 2 is 0.673 bits per heavy atom. The Hall–Kier alpha value is -2.08. The maximum Gasteiger partial charge on any atom is -0.00214 e. The van der Waals surface area contributed by atoms with E-state index in [2.05, 4.69) is 113 Å². The van der Waals surface area contributed by atoms with E-state index < -0.39 is 0 Å². The van der Waals surface area contributed by atoms with E-state index in [0.29, 0.717) is 5.92 Å². The molecule has 3 unspecified atom stereocenters. The number of allylic oxidation sites excluding steroid dienone is 2. The van der Waals surface area contributed by atoms with Gasteiger partial charge in [0.1, 0.15) is 0 Å². The minimum Gasteiger partial charge on any atom is -0.0885 e. The van der Waals surface area contributed by atoms with Gasteiger partial charge in [-0.1, -0.05) is 241 Å². The maximum atomic E-state index is 2.53. The first-order valence-electron chi connectivity index (χ1n) is 24.6. The molecule has 0 amide bonds. The van der Waals surface area contributed by atoms with Crippen LogP contribution in [-0.2, 0) is 10.8 Å². The second-order valence-electron chi connectivity index (χ2n) is 18.0. The summed E-state index contributed by atoms with van der Waals surface area (Å²) in [6.45, 7) is 9.84. The molecule has 0 nitrogen and oxygen atoms in total. The van der Waals surface area contributed by atoms with Gasteiger partial charge in [0, 0.05) is 0 Å². The Morgan fingerprint density at radius 3 is 1.05 bits per heavy atom. The lowest BCUT2D eigenvalue weighted by atomic mass is 9.63. The van der Waals surface area contributed by atoms with Crippen LogP contribution in [0.25, 0.3) is 0 Å². The van der Waals surface area contributed by atoms with E-state index in [1.165, 1.54) is 199 Å². The molecule has 0 heteroatoms. The second kappa shape index (κ2) is 30.1. The quantitative estimate of drug-likeness (QED) is 0.209. The molecule has 310 valence electrons. The Kier molecular flexibility index (Phi) is 25.9. The molecule has 55 heavy (non-hydrogen) atoms. The standard InChI is InChI=1S/C55H90/c1-5-48-54(7-3,50-40-32-25-20-16-12-9-10-13-17-21-26-33-41-50)52-44-36-29-24-30-37-45-53(47-39-31-38-46-52)55(8-4,49-6-2)51-42-34-27-22-18-14-11-15-19-23-28-35-43-51/h22,24,27,29-31,36-39,44-47,50-51H,5-21,23,25-26,28,32-35,40-43,48-49H2,1-4H3. The van der Waals surface area contributed by atoms with E-state index >= 15 is 0 Å². The van der Waals surface area contributed by atoms with Crippen LogP contribution in [0.4, 0.5) is 0 Å². The number of rotatable bonds is 10. The summed E-state index contributed by atoms with van der Waals surface area (Å²) in [6.07, 6.45) is 47.5. The minimum absolute atomic E-state index is 0.208. The molecule has 3 rings (SSSR count). The fourth-order valence-electron chi connectivity index (χ4n) is 11.1. The fourth-order valence-corrected chi connectivity index (χ4v) is 11.1. The van der Waals surface area contributed by atoms with Gasteiger partial charge < -0.3 is 0 Å². The average molecular weight is 751 g/mol. The van der Waals surface area contributed by atoms with Crippen LogP contribution in [0.5, 0.6) is 0 Å². The highest BCUT2D eigenvalue weighted by atomic mass is 14.4. The van der Waals surface area contributed by atoms with Crippen molar-refractivity contribution in [1.29, 1.82) is 0 Å². The summed E-state index contributed by atoms with van der Waals surface area (Å²) in [5.74, 6) is 1.47. The lowest BCUT2D eigenvalue weighted by Gasteiger charge is -2.42. The molecule has 0 bridgehead atoms. The third-order valence-corrected chi connectivity index (χ3v) is 14.3. The second-order valence-corrected chi connectivity index (χ2v) is 18.0. The van der Waals surface area contributed by atoms with E-state index in [-0.39, 0.29) is 10.8 Å². The van der Waals surface area contributed by atoms with Gasteiger partial charge in [0.15, 0.2) is 0 Å². The first-order valence-corrected chi connectivity index (χ1v) is 24.6. The van der Waals surface area contributed by atoms with Gasteiger partial charge in [-0.2, -0.15) is 0 Å². The topological polar surface area (TPSA) is 0 Å². The van der Waals surface area contributed by atoms with Crippen LogP contribution in [0.15, 0.2) is 84.9 Å². The van der Waals surface area contributed by atoms with E-state index in [1.54, 1.807) is 11.1 Å². The van der Waals surface area contributed by atoms with Gasteiger partial charge in [-0.15, -0.1) is 0 Å². The molecule has 0 spiro atoms. The summed E-state index contributed by atoms with van der Waals surface area (Å²) in [5, 5.41) is 0. The Labute approximate surface area is 344 Å². The third kappa shape index (κ3) is 17.1. The fraction of sp³-hybridized carbons (Fsp3) is 0.709. The van der Waals surface area contributed by atoms with Crippen LogP contribution < -0.4 is 0 Å². The molecule has 1 aromatic carbocycles. The number of hydrogen-bond donors (Lipinski definition) is 0. The van der Waals surface area contributed by atoms with Crippen molar-refractivity contribution in [3.63, 3.8) is 0 Å². The normalized spacial score (nSPS) is 21.9. The van der Waals surface area contributed by atoms with Crippen molar-refractivity contribution in [2.24, 2.45) is 11.8 Å². The van der Waals surface area contributed by atoms with Gasteiger partial charge in [-0.3, -0.25) is 0 Å². The minimum atomic E-state index is 0.208. The van der Waals surface area contributed by atoms with Gasteiger partial charge in [-0.05, 0) is 104 Å². The first kappa shape index (κ1) is 47.3. The first-order chi connectivity index (χ1) is 27.2. The zero-order valence-electron chi connectivity index (χ0n) is 37.2. The molecular weight excluding hydrogens is 661 g/mol. The van der Waals surface area contributed by atoms with E-state index in [9.17, 15) is 0 Å². The van der Waals surface area contributed by atoms with Crippen LogP contribution in [0.1, 0.15) is 238 Å². The smallest absolute Gasteiger partial charge is 0.00214 e. The van der Waals surface area contributed by atoms with Crippen molar-refractivity contribution in [2.45, 2.75) is 238 Å². The molecule has 0 saturated heterocycles. The van der Waals surface area contributed by atoms with Gasteiger partial charge in [0.25, 0.3) is 0 Å². The number of hydrogen-bond acceptors (Lipinski definition) is 0. The van der Waals surface area contributed by atoms with Crippen LogP contribution >= 0.6 is 0 Å². The molecule has 0 radical (unpaired) electrons. The van der Waals surface area contributed by atoms with Crippen molar-refractivity contribution in [2.75, 3.05) is 0 Å². The molecule has 0 aromatic heterocycles. The molecule has 1 saturated carbocycles. The van der Waals surface area contributed by atoms with E-state index in [1.807, 2.05) is 0 Å². The molecule has 0 heterocycles. The van der Waals surface area contributed by atoms with Crippen molar-refractivity contribution < 1.29 is 0 Å². The Bertz CT molecular complexity index is 1220. The molecule has 1 aromatic rings. The van der Waals surface area contributed by atoms with Crippen molar-refractivity contribution in [3.05, 3.63) is 96.1 Å². The summed E-state index contributed by atoms with van der Waals surface area (Å²) in [7, 11) is 0. The van der Waals surface area contributed by atoms with Gasteiger partial charge in [-0.25, -0.2) is 0 Å². The molecule has 2 aliphatic rings. The van der Waals surface area contributed by atoms with Gasteiger partial charge in [0.05, 0.1) is 0 Å². The predicted molar refractivity (Wildman–Crippen MR) is 247 cm³/mol. The molecule has 0 aliphatic heterocycles. The Morgan fingerprint density at radius 1 is 0.364 bits per heavy atom. The van der Waals surface area contributed by atoms with Crippen LogP contribution in [-0.4, -0.2) is 0 Å². The lowest BCUT2D eigenvalue weighted by Crippen LogP contribution is -2.35. The highest BCUT2D eigenvalue weighted by Gasteiger charge is 2.38. The van der Waals surface area contributed by atoms with Crippen molar-refractivity contribution in [3.8, 4) is 0 Å². The SMILES string of the molecule is CCCC(CC)(c1cccccccc(C(CC)(CCC)C2CCCCCCCCCCCCCC2)ccccc1)C1CCC=CCCCCCCCCC1. The predicted octanol–water partition coefficient (Wildman–Crippen LogP) is 18.4. The largest absolute Gasteiger partial charge is 0.0885 e. The summed E-state index contributed by atoms with van der Waals surface area (Å²) in [6, 6.07) is 28.7. The van der Waals surface area contributed by atoms with Crippen LogP contribution in [0.2, 0.25) is 0 Å². The van der Waals surface area contributed by atoms with Crippen molar-refractivity contribution >= 4 is 0 Å². The third-order valence-electron chi connectivity index (χ3n) is 14.3. The summed E-state index contributed by atoms with van der Waals surface area (Å²) in [4.78, 5) is 0. The summed E-state index contributed by atoms with van der Waals surface area (Å²) >= 11 is 0. The van der Waals surface area contributed by atoms with Crippen LogP contribution in [0, 0.1) is 11.8 Å². The Balaban J connectivity index is 2.05. The van der Waals surface area contributed by atoms with Crippen LogP contribution in [0.3, 0.4) is 0 Å². The zero-order chi connectivity index (χ0) is 39.1. The molecule has 0 N–H and O–H groups in total. The maximum absolute atomic E-state index is 2.53. The van der Waals surface area contributed by atoms with Crippen molar-refractivity contribution in [1.82, 2.24) is 0 Å². The molecular formula is C55H90. The monoisotopic (exact) mass is 751 g/mol. The zero-order valence-corrected chi connectivity index (χ0v) is 37.2. The molecule has 2 aliphatic carbocycles. The molecule has 1 fully saturated rings. The van der Waals surface area contributed by atoms with E-state index in [4.69, 9.17) is 0 Å². The highest BCUT2D eigenvalue weighted by molar-refractivity contribution is 5.27. The molecule has 3 atom stereocenters. The highest BCUT2D eigenvalue weighted by Crippen LogP contribution is 2.46. The lowest BCUT2D eigenvalue weighted by molar-refractivity contribution is 0.199. The average Bonchev–Trinajstić information content (AvgIpc) is 3.21. The van der Waals surface area contributed by atoms with E-state index in [0.717, 1.165) is 5.92 Å². The van der Waals surface area contributed by atoms with Gasteiger partial charge >= 0.3 is 0 Å². The van der Waals surface area contributed by atoms with Gasteiger partial charge in [0.2, 0.25) is 0 Å². The summed E-state index contributed by atoms with van der Waals surface area (Å²) < 4.78 is 0.